The van der Waals surface area contributed by atoms with E-state index in [2.05, 4.69) is 31.4 Å². The summed E-state index contributed by atoms with van der Waals surface area (Å²) in [4.78, 5) is 10.5. The van der Waals surface area contributed by atoms with Crippen LogP contribution < -0.4 is 10.1 Å². The van der Waals surface area contributed by atoms with Gasteiger partial charge in [0, 0.05) is 9.86 Å². The molecule has 1 amide bonds. The van der Waals surface area contributed by atoms with E-state index < -0.39 is 6.09 Å². The van der Waals surface area contributed by atoms with Crippen molar-refractivity contribution in [2.45, 2.75) is 0 Å². The minimum absolute atomic E-state index is 0.171. The van der Waals surface area contributed by atoms with Gasteiger partial charge >= 0.3 is 6.09 Å². The Kier molecular flexibility index (Phi) is 3.10. The fourth-order valence-corrected chi connectivity index (χ4v) is 1.87. The molecule has 0 unspecified atom stereocenters. The lowest BCUT2D eigenvalue weighted by Crippen LogP contribution is -2.09. The van der Waals surface area contributed by atoms with E-state index in [9.17, 15) is 4.79 Å². The standard InChI is InChI=1S/C10H8BrN3O3/c1-17-7-4-6(11)2-5-3-8(12-10(15)16)13-14-9(5)7/h2-4H,1H3,(H,12,13)(H,15,16). The summed E-state index contributed by atoms with van der Waals surface area (Å²) in [6.07, 6.45) is -1.18. The number of methoxy groups -OCH3 is 1. The quantitative estimate of drug-likeness (QED) is 0.889. The summed E-state index contributed by atoms with van der Waals surface area (Å²) in [5.41, 5.74) is 0.576. The molecule has 0 spiro atoms. The number of amides is 1. The number of carboxylic acid groups (broad SMARTS) is 1. The minimum atomic E-state index is -1.18. The van der Waals surface area contributed by atoms with Crippen LogP contribution in [-0.2, 0) is 0 Å². The number of hydrogen-bond acceptors (Lipinski definition) is 4. The SMILES string of the molecule is COc1cc(Br)cc2cc(NC(=O)O)nnc12. The second-order valence-electron chi connectivity index (χ2n) is 3.21. The van der Waals surface area contributed by atoms with E-state index >= 15 is 0 Å². The lowest BCUT2D eigenvalue weighted by atomic mass is 10.2. The molecule has 88 valence electrons. The first-order valence-corrected chi connectivity index (χ1v) is 5.40. The molecule has 0 fully saturated rings. The van der Waals surface area contributed by atoms with Crippen LogP contribution in [0.3, 0.4) is 0 Å². The van der Waals surface area contributed by atoms with Crippen molar-refractivity contribution in [3.63, 3.8) is 0 Å². The molecule has 0 atom stereocenters. The molecule has 0 aliphatic rings. The van der Waals surface area contributed by atoms with E-state index in [-0.39, 0.29) is 5.82 Å². The van der Waals surface area contributed by atoms with Crippen LogP contribution in [0.5, 0.6) is 5.75 Å². The Morgan fingerprint density at radius 1 is 1.41 bits per heavy atom. The van der Waals surface area contributed by atoms with E-state index in [1.54, 1.807) is 18.2 Å². The van der Waals surface area contributed by atoms with Gasteiger partial charge in [-0.1, -0.05) is 15.9 Å². The van der Waals surface area contributed by atoms with Crippen LogP contribution >= 0.6 is 15.9 Å². The predicted octanol–water partition coefficient (Wildman–Crippen LogP) is 2.49. The second-order valence-corrected chi connectivity index (χ2v) is 4.12. The zero-order chi connectivity index (χ0) is 12.4. The van der Waals surface area contributed by atoms with Crippen LogP contribution in [0.1, 0.15) is 0 Å². The highest BCUT2D eigenvalue weighted by Gasteiger charge is 2.08. The number of halogens is 1. The first-order chi connectivity index (χ1) is 8.10. The van der Waals surface area contributed by atoms with Gasteiger partial charge in [0.05, 0.1) is 7.11 Å². The first-order valence-electron chi connectivity index (χ1n) is 4.61. The normalized spacial score (nSPS) is 10.2. The average molecular weight is 298 g/mol. The molecule has 0 aliphatic carbocycles. The van der Waals surface area contributed by atoms with Crippen LogP contribution in [0, 0.1) is 0 Å². The molecule has 7 heteroatoms. The molecule has 0 saturated carbocycles. The number of ether oxygens (including phenoxy) is 1. The van der Waals surface area contributed by atoms with E-state index in [0.717, 1.165) is 9.86 Å². The molecular formula is C10H8BrN3O3. The fourth-order valence-electron chi connectivity index (χ4n) is 1.42. The highest BCUT2D eigenvalue weighted by molar-refractivity contribution is 9.10. The topological polar surface area (TPSA) is 84.3 Å². The Bertz CT molecular complexity index is 588. The summed E-state index contributed by atoms with van der Waals surface area (Å²) < 4.78 is 5.98. The highest BCUT2D eigenvalue weighted by atomic mass is 79.9. The number of nitrogens with one attached hydrogen (secondary N) is 1. The van der Waals surface area contributed by atoms with Gasteiger partial charge in [-0.15, -0.1) is 10.2 Å². The Labute approximate surface area is 105 Å². The van der Waals surface area contributed by atoms with Gasteiger partial charge in [0.25, 0.3) is 0 Å². The minimum Gasteiger partial charge on any atom is -0.494 e. The zero-order valence-electron chi connectivity index (χ0n) is 8.77. The molecule has 2 aromatic rings. The molecule has 0 aliphatic heterocycles. The number of benzene rings is 1. The van der Waals surface area contributed by atoms with Crippen molar-refractivity contribution in [3.8, 4) is 5.75 Å². The van der Waals surface area contributed by atoms with Crippen molar-refractivity contribution in [2.24, 2.45) is 0 Å². The maximum Gasteiger partial charge on any atom is 0.410 e. The Morgan fingerprint density at radius 3 is 2.82 bits per heavy atom. The van der Waals surface area contributed by atoms with Gasteiger partial charge < -0.3 is 9.84 Å². The van der Waals surface area contributed by atoms with Crippen molar-refractivity contribution in [3.05, 3.63) is 22.7 Å². The summed E-state index contributed by atoms with van der Waals surface area (Å²) in [7, 11) is 1.53. The highest BCUT2D eigenvalue weighted by Crippen LogP contribution is 2.28. The zero-order valence-corrected chi connectivity index (χ0v) is 10.4. The number of nitrogens with zero attached hydrogens (tertiary/aromatic N) is 2. The van der Waals surface area contributed by atoms with Gasteiger partial charge in [-0.2, -0.15) is 0 Å². The number of aromatic nitrogens is 2. The van der Waals surface area contributed by atoms with Crippen LogP contribution in [-0.4, -0.2) is 28.5 Å². The summed E-state index contributed by atoms with van der Waals surface area (Å²) >= 11 is 3.33. The molecule has 6 nitrogen and oxygen atoms in total. The van der Waals surface area contributed by atoms with Gasteiger partial charge in [0.1, 0.15) is 11.3 Å². The van der Waals surface area contributed by atoms with E-state index in [1.165, 1.54) is 7.11 Å². The number of fused-ring (bicyclic) bond motifs is 1. The molecule has 1 heterocycles. The third-order valence-corrected chi connectivity index (χ3v) is 2.53. The largest absolute Gasteiger partial charge is 0.494 e. The molecule has 0 saturated heterocycles. The van der Waals surface area contributed by atoms with Gasteiger partial charge in [-0.25, -0.2) is 4.79 Å². The van der Waals surface area contributed by atoms with E-state index in [0.29, 0.717) is 11.3 Å². The number of anilines is 1. The number of carbonyl (C=O) groups is 1. The van der Waals surface area contributed by atoms with Crippen molar-refractivity contribution < 1.29 is 14.6 Å². The molecule has 1 aromatic carbocycles. The van der Waals surface area contributed by atoms with Crippen molar-refractivity contribution in [2.75, 3.05) is 12.4 Å². The first kappa shape index (κ1) is 11.6. The Balaban J connectivity index is 2.57. The summed E-state index contributed by atoms with van der Waals surface area (Å²) in [6.45, 7) is 0. The number of hydrogen-bond donors (Lipinski definition) is 2. The molecule has 0 radical (unpaired) electrons. The smallest absolute Gasteiger partial charge is 0.410 e. The maximum atomic E-state index is 10.5. The summed E-state index contributed by atoms with van der Waals surface area (Å²) in [5, 5.41) is 19.1. The predicted molar refractivity (Wildman–Crippen MR) is 65.4 cm³/mol. The number of rotatable bonds is 2. The van der Waals surface area contributed by atoms with E-state index in [4.69, 9.17) is 9.84 Å². The van der Waals surface area contributed by atoms with Crippen LogP contribution in [0.4, 0.5) is 10.6 Å². The van der Waals surface area contributed by atoms with Crippen LogP contribution in [0.25, 0.3) is 10.9 Å². The lowest BCUT2D eigenvalue weighted by molar-refractivity contribution is 0.209. The maximum absolute atomic E-state index is 10.5. The third-order valence-electron chi connectivity index (χ3n) is 2.07. The Morgan fingerprint density at radius 2 is 2.18 bits per heavy atom. The molecule has 17 heavy (non-hydrogen) atoms. The average Bonchev–Trinajstić information content (AvgIpc) is 2.26. The van der Waals surface area contributed by atoms with Gasteiger partial charge in [0.2, 0.25) is 0 Å². The van der Waals surface area contributed by atoms with E-state index in [1.807, 2.05) is 0 Å². The fraction of sp³-hybridized carbons (Fsp3) is 0.100. The molecule has 0 bridgehead atoms. The van der Waals surface area contributed by atoms with Crippen LogP contribution in [0.2, 0.25) is 0 Å². The molecular weight excluding hydrogens is 290 g/mol. The summed E-state index contributed by atoms with van der Waals surface area (Å²) in [6, 6.07) is 5.16. The Hall–Kier alpha value is -1.89. The van der Waals surface area contributed by atoms with Crippen molar-refractivity contribution in [1.82, 2.24) is 10.2 Å². The van der Waals surface area contributed by atoms with Gasteiger partial charge in [-0.05, 0) is 18.2 Å². The monoisotopic (exact) mass is 297 g/mol. The van der Waals surface area contributed by atoms with Crippen LogP contribution in [0.15, 0.2) is 22.7 Å². The van der Waals surface area contributed by atoms with Crippen molar-refractivity contribution >= 4 is 38.7 Å². The lowest BCUT2D eigenvalue weighted by Gasteiger charge is -2.06. The van der Waals surface area contributed by atoms with Crippen molar-refractivity contribution in [1.29, 1.82) is 0 Å². The molecule has 2 rings (SSSR count). The third kappa shape index (κ3) is 2.44. The van der Waals surface area contributed by atoms with Gasteiger partial charge in [-0.3, -0.25) is 5.32 Å². The molecule has 2 N–H and O–H groups in total. The summed E-state index contributed by atoms with van der Waals surface area (Å²) in [5.74, 6) is 0.744. The second kappa shape index (κ2) is 4.54. The molecule has 1 aromatic heterocycles. The van der Waals surface area contributed by atoms with Gasteiger partial charge in [0.15, 0.2) is 5.82 Å².